The predicted molar refractivity (Wildman–Crippen MR) is 150 cm³/mol. The van der Waals surface area contributed by atoms with Crippen molar-refractivity contribution in [3.05, 3.63) is 39.9 Å². The van der Waals surface area contributed by atoms with E-state index in [2.05, 4.69) is 10.8 Å². The Balaban J connectivity index is 1.84. The zero-order valence-electron chi connectivity index (χ0n) is 24.3. The van der Waals surface area contributed by atoms with Crippen molar-refractivity contribution >= 4 is 29.1 Å². The van der Waals surface area contributed by atoms with E-state index in [1.54, 1.807) is 33.1 Å². The number of ketones is 2. The van der Waals surface area contributed by atoms with Gasteiger partial charge in [-0.15, -0.1) is 0 Å². The number of carbonyl (C=O) groups excluding carboxylic acids is 4. The lowest BCUT2D eigenvalue weighted by molar-refractivity contribution is -0.148. The Bertz CT molecular complexity index is 1430. The van der Waals surface area contributed by atoms with Crippen molar-refractivity contribution in [1.29, 1.82) is 0 Å². The van der Waals surface area contributed by atoms with Gasteiger partial charge in [-0.25, -0.2) is 0 Å². The maximum atomic E-state index is 14.0. The summed E-state index contributed by atoms with van der Waals surface area (Å²) in [6, 6.07) is 0.417. The average Bonchev–Trinajstić information content (AvgIpc) is 2.88. The molecule has 14 heteroatoms. The van der Waals surface area contributed by atoms with Crippen LogP contribution in [0.3, 0.4) is 0 Å². The summed E-state index contributed by atoms with van der Waals surface area (Å²) in [5, 5.41) is 48.2. The Hall–Kier alpha value is -4.14. The number of hydroxylamine groups is 1. The van der Waals surface area contributed by atoms with Crippen molar-refractivity contribution in [1.82, 2.24) is 15.7 Å². The molecule has 8 N–H and O–H groups in total. The third kappa shape index (κ3) is 4.74. The molecule has 0 saturated heterocycles. The number of nitrogens with two attached hydrogens (primary N) is 1. The number of Topliss-reactive ketones (excluding diaryl/α,β-unsaturated/α-hetero) is 2. The maximum absolute atomic E-state index is 14.0. The molecule has 0 radical (unpaired) electrons. The highest BCUT2D eigenvalue weighted by Gasteiger charge is 2.63. The van der Waals surface area contributed by atoms with Crippen LogP contribution in [0.4, 0.5) is 5.69 Å². The van der Waals surface area contributed by atoms with E-state index in [0.29, 0.717) is 11.3 Å². The number of amides is 2. The number of allylic oxidation sites excluding steroid dienone is 1. The monoisotopic (exact) mass is 587 g/mol. The third-order valence-electron chi connectivity index (χ3n) is 8.09. The van der Waals surface area contributed by atoms with Crippen LogP contribution in [-0.2, 0) is 20.8 Å². The molecule has 0 spiro atoms. The first-order chi connectivity index (χ1) is 19.5. The van der Waals surface area contributed by atoms with E-state index in [4.69, 9.17) is 10.6 Å². The number of aliphatic hydroxyl groups excluding tert-OH is 2. The molecule has 0 aromatic heterocycles. The van der Waals surface area contributed by atoms with E-state index < -0.39 is 69.7 Å². The minimum atomic E-state index is -2.74. The van der Waals surface area contributed by atoms with Crippen molar-refractivity contribution in [2.75, 3.05) is 39.6 Å². The summed E-state index contributed by atoms with van der Waals surface area (Å²) in [7, 11) is 6.55. The number of fused-ring (bicyclic) bond motifs is 3. The van der Waals surface area contributed by atoms with Crippen LogP contribution >= 0.6 is 0 Å². The number of phenolic OH excluding ortho intramolecular Hbond substituents is 1. The van der Waals surface area contributed by atoms with Gasteiger partial charge in [0.1, 0.15) is 17.1 Å². The summed E-state index contributed by atoms with van der Waals surface area (Å²) >= 11 is 0. The smallest absolute Gasteiger partial charge is 0.266 e. The Morgan fingerprint density at radius 2 is 1.81 bits per heavy atom. The van der Waals surface area contributed by atoms with Gasteiger partial charge in [0.15, 0.2) is 22.9 Å². The number of nitrogens with zero attached hydrogens (tertiary/aromatic N) is 2. The SMILES string of the molecule is CC(C)NCC(=O)NOc1cc(N(C)C)c2c(c1O)C(=O)C1=C(O)[C@]3(O)C(=O)C(C(N)=O)=C(O)[C@@H](N(C)C)C3CC1C2. The Morgan fingerprint density at radius 1 is 1.17 bits per heavy atom. The standard InChI is InChI=1S/C28H37N5O9/c1-11(2)30-10-17(34)31-42-16-9-15(32(3)4)13-7-12-8-14-21(33(5)6)24(37)20(27(29)40)26(39)28(14,41)25(38)18(12)23(36)19(13)22(16)35/h9,11-12,14,21,30,35,37-38,41H,7-8,10H2,1-6H3,(H2,29,40)(H,31,34)/t12?,14?,21-,28-/m0/s1. The number of anilines is 1. The molecule has 228 valence electrons. The number of carbonyl (C=O) groups is 4. The second-order valence-electron chi connectivity index (χ2n) is 11.6. The minimum absolute atomic E-state index is 0.0312. The highest BCUT2D eigenvalue weighted by Crippen LogP contribution is 2.54. The number of phenols is 1. The maximum Gasteiger partial charge on any atom is 0.266 e. The molecule has 2 unspecified atom stereocenters. The van der Waals surface area contributed by atoms with Gasteiger partial charge in [0.25, 0.3) is 11.8 Å². The van der Waals surface area contributed by atoms with Gasteiger partial charge in [-0.2, -0.15) is 5.48 Å². The zero-order valence-corrected chi connectivity index (χ0v) is 24.3. The highest BCUT2D eigenvalue weighted by atomic mass is 16.7. The van der Waals surface area contributed by atoms with Crippen LogP contribution in [0.25, 0.3) is 0 Å². The van der Waals surface area contributed by atoms with Gasteiger partial charge in [-0.3, -0.25) is 24.1 Å². The number of hydrogen-bond donors (Lipinski definition) is 7. The number of aliphatic hydroxyl groups is 3. The van der Waals surface area contributed by atoms with Gasteiger partial charge in [-0.1, -0.05) is 13.8 Å². The topological polar surface area (TPSA) is 215 Å². The van der Waals surface area contributed by atoms with Gasteiger partial charge in [-0.05, 0) is 38.4 Å². The number of rotatable bonds is 8. The largest absolute Gasteiger partial charge is 0.510 e. The third-order valence-corrected chi connectivity index (χ3v) is 8.09. The number of primary amides is 1. The van der Waals surface area contributed by atoms with Crippen LogP contribution in [-0.4, -0.2) is 101 Å². The first kappa shape index (κ1) is 30.8. The summed E-state index contributed by atoms with van der Waals surface area (Å²) in [6.07, 6.45) is 0.0805. The van der Waals surface area contributed by atoms with Crippen LogP contribution in [0.1, 0.15) is 36.2 Å². The first-order valence-electron chi connectivity index (χ1n) is 13.4. The summed E-state index contributed by atoms with van der Waals surface area (Å²) < 4.78 is 0. The van der Waals surface area contributed by atoms with Crippen molar-refractivity contribution in [3.8, 4) is 11.5 Å². The molecule has 14 nitrogen and oxygen atoms in total. The fraction of sp³-hybridized carbons (Fsp3) is 0.500. The lowest BCUT2D eigenvalue weighted by Crippen LogP contribution is -2.63. The fourth-order valence-corrected chi connectivity index (χ4v) is 6.20. The summed E-state index contributed by atoms with van der Waals surface area (Å²) in [6.45, 7) is 3.65. The quantitative estimate of drug-likeness (QED) is 0.153. The molecule has 3 aliphatic carbocycles. The summed E-state index contributed by atoms with van der Waals surface area (Å²) in [4.78, 5) is 60.3. The second-order valence-corrected chi connectivity index (χ2v) is 11.6. The highest BCUT2D eigenvalue weighted by molar-refractivity contribution is 6.25. The van der Waals surface area contributed by atoms with Crippen LogP contribution < -0.4 is 26.3 Å². The summed E-state index contributed by atoms with van der Waals surface area (Å²) in [5.74, 6) is -8.30. The van der Waals surface area contributed by atoms with E-state index in [0.717, 1.165) is 0 Å². The van der Waals surface area contributed by atoms with Crippen LogP contribution in [0.5, 0.6) is 11.5 Å². The van der Waals surface area contributed by atoms with Crippen LogP contribution in [0.2, 0.25) is 0 Å². The average molecular weight is 588 g/mol. The van der Waals surface area contributed by atoms with Crippen molar-refractivity contribution < 1.29 is 44.4 Å². The molecule has 0 bridgehead atoms. The lowest BCUT2D eigenvalue weighted by Gasteiger charge is -2.50. The predicted octanol–water partition coefficient (Wildman–Crippen LogP) is -0.405. The zero-order chi connectivity index (χ0) is 31.4. The molecule has 1 aromatic carbocycles. The Morgan fingerprint density at radius 3 is 2.36 bits per heavy atom. The lowest BCUT2D eigenvalue weighted by atomic mass is 9.58. The van der Waals surface area contributed by atoms with E-state index in [9.17, 15) is 39.6 Å². The van der Waals surface area contributed by atoms with Crippen LogP contribution in [0.15, 0.2) is 28.7 Å². The van der Waals surface area contributed by atoms with Crippen molar-refractivity contribution in [2.24, 2.45) is 17.6 Å². The molecular weight excluding hydrogens is 550 g/mol. The molecule has 4 rings (SSSR count). The number of likely N-dealkylation sites (N-methyl/N-ethyl adjacent to an activating group) is 1. The molecule has 0 saturated carbocycles. The molecule has 4 atom stereocenters. The number of nitrogens with one attached hydrogen (secondary N) is 2. The van der Waals surface area contributed by atoms with Gasteiger partial charge in [0.05, 0.1) is 18.2 Å². The molecule has 3 aliphatic rings. The van der Waals surface area contributed by atoms with Gasteiger partial charge in [0, 0.05) is 43.4 Å². The van der Waals surface area contributed by atoms with Gasteiger partial charge in [0.2, 0.25) is 5.78 Å². The normalized spacial score (nSPS) is 25.3. The molecular formula is C28H37N5O9. The molecule has 0 aliphatic heterocycles. The first-order valence-corrected chi connectivity index (χ1v) is 13.4. The van der Waals surface area contributed by atoms with E-state index in [1.165, 1.54) is 11.0 Å². The van der Waals surface area contributed by atoms with Crippen LogP contribution in [0, 0.1) is 11.8 Å². The van der Waals surface area contributed by atoms with Gasteiger partial charge < -0.3 is 41.2 Å². The molecule has 1 aromatic rings. The van der Waals surface area contributed by atoms with Gasteiger partial charge >= 0.3 is 0 Å². The second kappa shape index (κ2) is 10.9. The molecule has 2 amide bonds. The molecule has 0 heterocycles. The van der Waals surface area contributed by atoms with E-state index in [-0.39, 0.29) is 42.3 Å². The number of hydrogen-bond acceptors (Lipinski definition) is 12. The minimum Gasteiger partial charge on any atom is -0.510 e. The van der Waals surface area contributed by atoms with Crippen molar-refractivity contribution in [2.45, 2.75) is 44.4 Å². The van der Waals surface area contributed by atoms with E-state index in [1.807, 2.05) is 13.8 Å². The fourth-order valence-electron chi connectivity index (χ4n) is 6.20. The number of benzene rings is 1. The van der Waals surface area contributed by atoms with Crippen molar-refractivity contribution in [3.63, 3.8) is 0 Å². The number of aromatic hydroxyl groups is 1. The summed E-state index contributed by atoms with van der Waals surface area (Å²) in [5.41, 5.74) is 4.36. The Labute approximate surface area is 242 Å². The molecule has 0 fully saturated rings. The Kier molecular flexibility index (Phi) is 8.02. The van der Waals surface area contributed by atoms with E-state index >= 15 is 0 Å². The molecule has 42 heavy (non-hydrogen) atoms.